The Bertz CT molecular complexity index is 1050. The molecule has 0 radical (unpaired) electrons. The van der Waals surface area contributed by atoms with Crippen LogP contribution < -0.4 is 10.6 Å². The Balaban J connectivity index is 1.68. The number of anilines is 2. The number of aromatic nitrogens is 3. The number of hydrogen-bond acceptors (Lipinski definition) is 7. The topological polar surface area (TPSA) is 83.0 Å². The number of benzene rings is 1. The summed E-state index contributed by atoms with van der Waals surface area (Å²) >= 11 is 1.68. The lowest BCUT2D eigenvalue weighted by atomic mass is 9.86. The van der Waals surface area contributed by atoms with Gasteiger partial charge in [0.15, 0.2) is 0 Å². The van der Waals surface area contributed by atoms with Gasteiger partial charge in [-0.25, -0.2) is 9.97 Å². The highest BCUT2D eigenvalue weighted by Crippen LogP contribution is 2.44. The fraction of sp³-hybridized carbons (Fsp3) is 0.577. The molecule has 0 amide bonds. The van der Waals surface area contributed by atoms with E-state index in [0.29, 0.717) is 17.8 Å². The summed E-state index contributed by atoms with van der Waals surface area (Å²) in [6.07, 6.45) is 6.84. The van der Waals surface area contributed by atoms with Crippen LogP contribution in [-0.2, 0) is 0 Å². The van der Waals surface area contributed by atoms with Gasteiger partial charge in [0, 0.05) is 18.7 Å². The van der Waals surface area contributed by atoms with Gasteiger partial charge in [0.2, 0.25) is 5.95 Å². The van der Waals surface area contributed by atoms with Crippen LogP contribution in [0.1, 0.15) is 65.0 Å². The Morgan fingerprint density at radius 3 is 2.70 bits per heavy atom. The van der Waals surface area contributed by atoms with Gasteiger partial charge in [-0.15, -0.1) is 11.3 Å². The van der Waals surface area contributed by atoms with Gasteiger partial charge in [-0.2, -0.15) is 4.98 Å². The zero-order valence-electron chi connectivity index (χ0n) is 20.3. The van der Waals surface area contributed by atoms with Gasteiger partial charge in [0.05, 0.1) is 21.5 Å². The number of aryl methyl sites for hydroxylation is 1. The van der Waals surface area contributed by atoms with E-state index < -0.39 is 0 Å². The second-order valence-electron chi connectivity index (χ2n) is 9.64. The molecule has 3 N–H and O–H groups in total. The first-order chi connectivity index (χ1) is 15.9. The number of thiazole rings is 1. The third-order valence-electron chi connectivity index (χ3n) is 7.30. The molecule has 1 fully saturated rings. The highest BCUT2D eigenvalue weighted by atomic mass is 32.1. The summed E-state index contributed by atoms with van der Waals surface area (Å²) in [5.74, 6) is 2.16. The lowest BCUT2D eigenvalue weighted by molar-refractivity contribution is 0.187. The smallest absolute Gasteiger partial charge is 0.224 e. The number of aliphatic hydroxyl groups excluding tert-OH is 1. The van der Waals surface area contributed by atoms with Crippen LogP contribution in [-0.4, -0.2) is 38.7 Å². The Labute approximate surface area is 201 Å². The van der Waals surface area contributed by atoms with Crippen molar-refractivity contribution in [2.24, 2.45) is 11.8 Å². The lowest BCUT2D eigenvalue weighted by Gasteiger charge is -2.34. The molecule has 0 saturated heterocycles. The van der Waals surface area contributed by atoms with E-state index >= 15 is 0 Å². The van der Waals surface area contributed by atoms with Gasteiger partial charge in [0.1, 0.15) is 10.8 Å². The number of nitrogens with zero attached hydrogens (tertiary/aromatic N) is 3. The zero-order valence-corrected chi connectivity index (χ0v) is 21.1. The number of nitrogens with one attached hydrogen (secondary N) is 2. The van der Waals surface area contributed by atoms with E-state index in [-0.39, 0.29) is 12.1 Å². The quantitative estimate of drug-likeness (QED) is 0.305. The Kier molecular flexibility index (Phi) is 7.49. The van der Waals surface area contributed by atoms with E-state index in [0.717, 1.165) is 58.1 Å². The molecular weight excluding hydrogens is 430 g/mol. The van der Waals surface area contributed by atoms with Gasteiger partial charge in [-0.1, -0.05) is 45.2 Å². The van der Waals surface area contributed by atoms with Crippen molar-refractivity contribution in [1.82, 2.24) is 15.0 Å². The van der Waals surface area contributed by atoms with Crippen LogP contribution in [0.3, 0.4) is 0 Å². The highest BCUT2D eigenvalue weighted by molar-refractivity contribution is 7.21. The number of para-hydroxylation sites is 1. The molecule has 7 heteroatoms. The van der Waals surface area contributed by atoms with Crippen molar-refractivity contribution in [3.05, 3.63) is 30.0 Å². The second-order valence-corrected chi connectivity index (χ2v) is 10.7. The molecule has 0 bridgehead atoms. The fourth-order valence-electron chi connectivity index (χ4n) is 4.91. The first-order valence-electron chi connectivity index (χ1n) is 12.3. The molecule has 3 aromatic rings. The van der Waals surface area contributed by atoms with E-state index in [1.807, 2.05) is 13.0 Å². The van der Waals surface area contributed by atoms with E-state index in [9.17, 15) is 5.11 Å². The molecular formula is C26H37N5OS. The summed E-state index contributed by atoms with van der Waals surface area (Å²) in [6.45, 7) is 9.87. The normalized spacial score (nSPS) is 22.7. The minimum atomic E-state index is -0.141. The Morgan fingerprint density at radius 1 is 1.15 bits per heavy atom. The monoisotopic (exact) mass is 467 g/mol. The summed E-state index contributed by atoms with van der Waals surface area (Å²) in [7, 11) is 0. The SMILES string of the molecule is CCCCCCNc1nc(C)c(-c2nc3ccccc3s2)c(NC2(C)CCC(CO)C2C)n1. The fourth-order valence-corrected chi connectivity index (χ4v) is 5.97. The molecule has 0 spiro atoms. The minimum absolute atomic E-state index is 0.141. The first-order valence-corrected chi connectivity index (χ1v) is 13.1. The largest absolute Gasteiger partial charge is 0.396 e. The van der Waals surface area contributed by atoms with E-state index in [2.05, 4.69) is 49.6 Å². The van der Waals surface area contributed by atoms with Crippen LogP contribution in [0.25, 0.3) is 20.8 Å². The zero-order chi connectivity index (χ0) is 23.4. The molecule has 3 unspecified atom stereocenters. The molecule has 33 heavy (non-hydrogen) atoms. The van der Waals surface area contributed by atoms with Crippen LogP contribution in [0.2, 0.25) is 0 Å². The van der Waals surface area contributed by atoms with Crippen molar-refractivity contribution >= 4 is 33.3 Å². The molecule has 1 saturated carbocycles. The predicted octanol–water partition coefficient (Wildman–Crippen LogP) is 6.26. The van der Waals surface area contributed by atoms with E-state index in [4.69, 9.17) is 15.0 Å². The van der Waals surface area contributed by atoms with Crippen LogP contribution in [0.5, 0.6) is 0 Å². The minimum Gasteiger partial charge on any atom is -0.396 e. The number of rotatable bonds is 10. The predicted molar refractivity (Wildman–Crippen MR) is 139 cm³/mol. The summed E-state index contributed by atoms with van der Waals surface area (Å²) in [4.78, 5) is 14.7. The maximum atomic E-state index is 9.82. The summed E-state index contributed by atoms with van der Waals surface area (Å²) in [6, 6.07) is 8.24. The van der Waals surface area contributed by atoms with E-state index in [1.54, 1.807) is 11.3 Å². The lowest BCUT2D eigenvalue weighted by Crippen LogP contribution is -2.40. The summed E-state index contributed by atoms with van der Waals surface area (Å²) in [5.41, 5.74) is 2.77. The molecule has 1 aromatic carbocycles. The van der Waals surface area contributed by atoms with Gasteiger partial charge < -0.3 is 15.7 Å². The average Bonchev–Trinajstić information content (AvgIpc) is 3.34. The number of aliphatic hydroxyl groups is 1. The molecule has 1 aliphatic carbocycles. The summed E-state index contributed by atoms with van der Waals surface area (Å²) < 4.78 is 1.16. The van der Waals surface area contributed by atoms with Crippen LogP contribution in [0.15, 0.2) is 24.3 Å². The highest BCUT2D eigenvalue weighted by Gasteiger charge is 2.42. The Morgan fingerprint density at radius 2 is 1.97 bits per heavy atom. The van der Waals surface area contributed by atoms with Crippen molar-refractivity contribution in [2.75, 3.05) is 23.8 Å². The Hall–Kier alpha value is -2.25. The van der Waals surface area contributed by atoms with E-state index in [1.165, 1.54) is 19.3 Å². The molecule has 178 valence electrons. The number of fused-ring (bicyclic) bond motifs is 1. The van der Waals surface area contributed by atoms with Gasteiger partial charge >= 0.3 is 0 Å². The van der Waals surface area contributed by atoms with Crippen LogP contribution in [0.4, 0.5) is 11.8 Å². The second kappa shape index (κ2) is 10.3. The third-order valence-corrected chi connectivity index (χ3v) is 8.35. The molecule has 3 atom stereocenters. The van der Waals surface area contributed by atoms with Crippen molar-refractivity contribution in [3.63, 3.8) is 0 Å². The van der Waals surface area contributed by atoms with Gasteiger partial charge in [-0.3, -0.25) is 0 Å². The molecule has 4 rings (SSSR count). The van der Waals surface area contributed by atoms with Crippen LogP contribution >= 0.6 is 11.3 Å². The standard InChI is InChI=1S/C26H37N5OS/c1-5-6-7-10-15-27-25-28-18(3)22(24-29-20-11-8-9-12-21(20)33-24)23(30-25)31-26(4)14-13-19(16-32)17(26)2/h8-9,11-12,17,19,32H,5-7,10,13-16H2,1-4H3,(H2,27,28,30,31). The number of hydrogen-bond donors (Lipinski definition) is 3. The molecule has 0 aliphatic heterocycles. The van der Waals surface area contributed by atoms with Gasteiger partial charge in [0.25, 0.3) is 0 Å². The molecule has 2 heterocycles. The third kappa shape index (κ3) is 5.14. The summed E-state index contributed by atoms with van der Waals surface area (Å²) in [5, 5.41) is 18.0. The van der Waals surface area contributed by atoms with Crippen molar-refractivity contribution < 1.29 is 5.11 Å². The van der Waals surface area contributed by atoms with Crippen LogP contribution in [0, 0.1) is 18.8 Å². The van der Waals surface area contributed by atoms with Crippen molar-refractivity contribution in [2.45, 2.75) is 71.8 Å². The number of unbranched alkanes of at least 4 members (excludes halogenated alkanes) is 3. The molecule has 1 aliphatic rings. The molecule has 6 nitrogen and oxygen atoms in total. The first kappa shape index (κ1) is 23.9. The van der Waals surface area contributed by atoms with Crippen molar-refractivity contribution in [1.29, 1.82) is 0 Å². The average molecular weight is 468 g/mol. The maximum absolute atomic E-state index is 9.82. The maximum Gasteiger partial charge on any atom is 0.224 e. The van der Waals surface area contributed by atoms with Gasteiger partial charge in [-0.05, 0) is 57.1 Å². The van der Waals surface area contributed by atoms with Crippen molar-refractivity contribution in [3.8, 4) is 10.6 Å². The molecule has 2 aromatic heterocycles.